The second-order valence-electron chi connectivity index (χ2n) is 13.9. The van der Waals surface area contributed by atoms with Crippen LogP contribution < -0.4 is 15.0 Å². The molecule has 2 aliphatic carbocycles. The van der Waals surface area contributed by atoms with Crippen molar-refractivity contribution in [3.63, 3.8) is 0 Å². The molecule has 2 saturated carbocycles. The summed E-state index contributed by atoms with van der Waals surface area (Å²) >= 11 is 0. The average Bonchev–Trinajstić information content (AvgIpc) is 3.55. The van der Waals surface area contributed by atoms with E-state index in [1.54, 1.807) is 7.11 Å². The Balaban J connectivity index is 1.30. The normalized spacial score (nSPS) is 21.7. The Kier molecular flexibility index (Phi) is 11.1. The molecule has 1 N–H and O–H groups in total. The lowest BCUT2D eigenvalue weighted by atomic mass is 9.78. The van der Waals surface area contributed by atoms with Crippen LogP contribution in [-0.4, -0.2) is 47.6 Å². The van der Waals surface area contributed by atoms with Gasteiger partial charge in [0.25, 0.3) is 0 Å². The molecule has 46 heavy (non-hydrogen) atoms. The Hall–Kier alpha value is -3.81. The van der Waals surface area contributed by atoms with Gasteiger partial charge in [0.05, 0.1) is 19.4 Å². The summed E-state index contributed by atoms with van der Waals surface area (Å²) in [6, 6.07) is 15.3. The minimum absolute atomic E-state index is 0.0430. The third-order valence-electron chi connectivity index (χ3n) is 9.81. The molecule has 2 amide bonds. The number of benzene rings is 2. The van der Waals surface area contributed by atoms with E-state index >= 15 is 0 Å². The van der Waals surface area contributed by atoms with Crippen molar-refractivity contribution in [2.24, 2.45) is 11.8 Å². The first kappa shape index (κ1) is 33.6. The molecular weight excluding hydrogens is 576 g/mol. The summed E-state index contributed by atoms with van der Waals surface area (Å²) in [6.07, 6.45) is 11.0. The largest absolute Gasteiger partial charge is 0.496 e. The fourth-order valence-electron chi connectivity index (χ4n) is 7.16. The smallest absolute Gasteiger partial charge is 0.407 e. The zero-order chi connectivity index (χ0) is 32.8. The van der Waals surface area contributed by atoms with Crippen LogP contribution in [0.25, 0.3) is 11.1 Å². The zero-order valence-corrected chi connectivity index (χ0v) is 28.5. The highest BCUT2D eigenvalue weighted by molar-refractivity contribution is 5.95. The van der Waals surface area contributed by atoms with Gasteiger partial charge in [-0.2, -0.15) is 5.10 Å². The van der Waals surface area contributed by atoms with Crippen LogP contribution in [-0.2, 0) is 9.53 Å². The van der Waals surface area contributed by atoms with Gasteiger partial charge in [0.1, 0.15) is 5.75 Å². The van der Waals surface area contributed by atoms with E-state index in [0.717, 1.165) is 80.5 Å². The van der Waals surface area contributed by atoms with Gasteiger partial charge in [-0.25, -0.2) is 4.79 Å². The van der Waals surface area contributed by atoms with Crippen LogP contribution in [0, 0.1) is 18.8 Å². The van der Waals surface area contributed by atoms with Crippen molar-refractivity contribution in [2.75, 3.05) is 18.6 Å². The highest BCUT2D eigenvalue weighted by atomic mass is 16.6. The number of nitrogens with one attached hydrogen (secondary N) is 1. The number of aryl methyl sites for hydroxylation is 1. The molecule has 0 spiro atoms. The van der Waals surface area contributed by atoms with Crippen molar-refractivity contribution in [1.82, 2.24) is 15.1 Å². The van der Waals surface area contributed by atoms with Crippen LogP contribution in [0.2, 0.25) is 0 Å². The van der Waals surface area contributed by atoms with Crippen LogP contribution in [0.3, 0.4) is 0 Å². The molecular formula is C38H52N4O4. The van der Waals surface area contributed by atoms with Crippen molar-refractivity contribution in [3.05, 3.63) is 66.0 Å². The molecule has 0 atom stereocenters. The van der Waals surface area contributed by atoms with Gasteiger partial charge < -0.3 is 19.7 Å². The molecule has 2 aromatic carbocycles. The first-order valence-corrected chi connectivity index (χ1v) is 17.2. The van der Waals surface area contributed by atoms with Crippen molar-refractivity contribution in [3.8, 4) is 16.9 Å². The van der Waals surface area contributed by atoms with E-state index in [4.69, 9.17) is 9.47 Å². The number of carbonyl (C=O) groups is 2. The fourth-order valence-corrected chi connectivity index (χ4v) is 7.16. The average molecular weight is 629 g/mol. The van der Waals surface area contributed by atoms with E-state index in [-0.39, 0.29) is 36.1 Å². The molecule has 1 heterocycles. The van der Waals surface area contributed by atoms with Gasteiger partial charge in [0.15, 0.2) is 0 Å². The summed E-state index contributed by atoms with van der Waals surface area (Å²) in [6.45, 7) is 10.8. The number of hydrogen-bond acceptors (Lipinski definition) is 5. The molecule has 0 saturated heterocycles. The fraction of sp³-hybridized carbons (Fsp3) is 0.553. The van der Waals surface area contributed by atoms with Crippen LogP contribution in [0.15, 0.2) is 54.9 Å². The summed E-state index contributed by atoms with van der Waals surface area (Å²) in [7, 11) is 1.72. The lowest BCUT2D eigenvalue weighted by Crippen LogP contribution is -2.44. The summed E-state index contributed by atoms with van der Waals surface area (Å²) in [5.41, 5.74) is 5.64. The highest BCUT2D eigenvalue weighted by Gasteiger charge is 2.33. The van der Waals surface area contributed by atoms with E-state index in [2.05, 4.69) is 84.7 Å². The Morgan fingerprint density at radius 2 is 1.70 bits per heavy atom. The standard InChI is InChI=1S/C38H52N4O4/c1-25(2)42-24-33(22-39-42)31-8-7-9-35(21-31)41(37(43)30-14-17-34(18-15-30)40-38(44)46-26(3)4)23-28-10-12-29(13-11-28)32-16-19-36(45-6)27(5)20-32/h7-9,16,19-22,24-26,28-30,34H,10-15,17-18,23H2,1-6H3,(H,40,44)/t28-,29-,30-,34-. The Morgan fingerprint density at radius 3 is 2.33 bits per heavy atom. The number of amides is 2. The monoisotopic (exact) mass is 628 g/mol. The summed E-state index contributed by atoms with van der Waals surface area (Å²) in [4.78, 5) is 28.6. The summed E-state index contributed by atoms with van der Waals surface area (Å²) in [5.74, 6) is 2.05. The van der Waals surface area contributed by atoms with E-state index < -0.39 is 0 Å². The van der Waals surface area contributed by atoms with Crippen molar-refractivity contribution >= 4 is 17.7 Å². The minimum Gasteiger partial charge on any atom is -0.496 e. The number of rotatable bonds is 10. The third kappa shape index (κ3) is 8.31. The first-order chi connectivity index (χ1) is 22.1. The number of carbonyl (C=O) groups excluding carboxylic acids is 2. The highest BCUT2D eigenvalue weighted by Crippen LogP contribution is 2.39. The van der Waals surface area contributed by atoms with E-state index in [0.29, 0.717) is 11.8 Å². The second kappa shape index (κ2) is 15.2. The third-order valence-corrected chi connectivity index (χ3v) is 9.81. The van der Waals surface area contributed by atoms with Crippen LogP contribution in [0.4, 0.5) is 10.5 Å². The van der Waals surface area contributed by atoms with Crippen molar-refractivity contribution in [2.45, 2.75) is 110 Å². The van der Waals surface area contributed by atoms with Gasteiger partial charge in [-0.3, -0.25) is 9.48 Å². The van der Waals surface area contributed by atoms with E-state index in [1.165, 1.54) is 11.1 Å². The zero-order valence-electron chi connectivity index (χ0n) is 28.5. The van der Waals surface area contributed by atoms with Gasteiger partial charge in [-0.15, -0.1) is 0 Å². The first-order valence-electron chi connectivity index (χ1n) is 17.2. The number of nitrogens with zero attached hydrogens (tertiary/aromatic N) is 3. The molecule has 5 rings (SSSR count). The molecule has 0 aliphatic heterocycles. The van der Waals surface area contributed by atoms with E-state index in [9.17, 15) is 9.59 Å². The SMILES string of the molecule is COc1ccc([C@H]2CC[C@H](CN(c3cccc(-c4cnn(C(C)C)c4)c3)C(=O)[C@H]3CC[C@H](NC(=O)OC(C)C)CC3)CC2)cc1C. The maximum Gasteiger partial charge on any atom is 0.407 e. The summed E-state index contributed by atoms with van der Waals surface area (Å²) < 4.78 is 12.7. The van der Waals surface area contributed by atoms with Crippen LogP contribution in [0.5, 0.6) is 5.75 Å². The van der Waals surface area contributed by atoms with E-state index in [1.807, 2.05) is 24.7 Å². The number of anilines is 1. The van der Waals surface area contributed by atoms with Gasteiger partial charge in [0, 0.05) is 42.0 Å². The van der Waals surface area contributed by atoms with Crippen LogP contribution in [0.1, 0.15) is 102 Å². The molecule has 8 nitrogen and oxygen atoms in total. The van der Waals surface area contributed by atoms with Crippen molar-refractivity contribution < 1.29 is 19.1 Å². The number of hydrogen-bond donors (Lipinski definition) is 1. The molecule has 0 radical (unpaired) electrons. The number of aromatic nitrogens is 2. The molecule has 3 aromatic rings. The topological polar surface area (TPSA) is 85.7 Å². The second-order valence-corrected chi connectivity index (χ2v) is 13.9. The number of methoxy groups -OCH3 is 1. The lowest BCUT2D eigenvalue weighted by Gasteiger charge is -2.36. The maximum atomic E-state index is 14.4. The molecule has 8 heteroatoms. The molecule has 0 unspecified atom stereocenters. The Morgan fingerprint density at radius 1 is 0.957 bits per heavy atom. The quantitative estimate of drug-likeness (QED) is 0.244. The molecule has 0 bridgehead atoms. The Bertz CT molecular complexity index is 1460. The number of ether oxygens (including phenoxy) is 2. The van der Waals surface area contributed by atoms with Crippen LogP contribution >= 0.6 is 0 Å². The predicted molar refractivity (Wildman–Crippen MR) is 183 cm³/mol. The number of alkyl carbamates (subject to hydrolysis) is 1. The Labute approximate surface area is 274 Å². The molecule has 248 valence electrons. The van der Waals surface area contributed by atoms with Gasteiger partial charge >= 0.3 is 6.09 Å². The molecule has 1 aromatic heterocycles. The predicted octanol–water partition coefficient (Wildman–Crippen LogP) is 8.45. The lowest BCUT2D eigenvalue weighted by molar-refractivity contribution is -0.123. The summed E-state index contributed by atoms with van der Waals surface area (Å²) in [5, 5.41) is 7.55. The van der Waals surface area contributed by atoms with Gasteiger partial charge in [-0.1, -0.05) is 24.3 Å². The molecule has 2 aliphatic rings. The van der Waals surface area contributed by atoms with Gasteiger partial charge in [-0.05, 0) is 133 Å². The van der Waals surface area contributed by atoms with Gasteiger partial charge in [0.2, 0.25) is 5.91 Å². The van der Waals surface area contributed by atoms with Crippen molar-refractivity contribution in [1.29, 1.82) is 0 Å². The molecule has 2 fully saturated rings. The maximum absolute atomic E-state index is 14.4. The minimum atomic E-state index is -0.371.